The van der Waals surface area contributed by atoms with E-state index in [9.17, 15) is 36.2 Å². The van der Waals surface area contributed by atoms with Crippen LogP contribution in [-0.4, -0.2) is 15.6 Å². The van der Waals surface area contributed by atoms with Crippen LogP contribution in [0.1, 0.15) is 46.4 Å². The molecule has 0 radical (unpaired) electrons. The van der Waals surface area contributed by atoms with Gasteiger partial charge in [0, 0.05) is 23.5 Å². The summed E-state index contributed by atoms with van der Waals surface area (Å²) in [6, 6.07) is 2.24. The summed E-state index contributed by atoms with van der Waals surface area (Å²) in [5, 5.41) is 9.34. The van der Waals surface area contributed by atoms with Crippen LogP contribution in [0.4, 0.5) is 26.3 Å². The SMILES string of the molecule is Cc1c(C(=O)O)cc(-c2cc(C(F)(F)F)ccc2C(F)(F)F)n1CCC1CC1. The molecule has 0 bridgehead atoms. The molecule has 1 heterocycles. The Hall–Kier alpha value is -2.45. The summed E-state index contributed by atoms with van der Waals surface area (Å²) < 4.78 is 81.1. The fourth-order valence-corrected chi connectivity index (χ4v) is 3.27. The van der Waals surface area contributed by atoms with E-state index < -0.39 is 35.0 Å². The zero-order valence-corrected chi connectivity index (χ0v) is 14.8. The number of benzene rings is 1. The van der Waals surface area contributed by atoms with Crippen LogP contribution < -0.4 is 0 Å². The highest BCUT2D eigenvalue weighted by atomic mass is 19.4. The highest BCUT2D eigenvalue weighted by Crippen LogP contribution is 2.42. The molecule has 0 amide bonds. The van der Waals surface area contributed by atoms with E-state index in [-0.39, 0.29) is 23.5 Å². The number of carbonyl (C=O) groups is 1. The van der Waals surface area contributed by atoms with Crippen LogP contribution in [0.2, 0.25) is 0 Å². The number of hydrogen-bond acceptors (Lipinski definition) is 1. The summed E-state index contributed by atoms with van der Waals surface area (Å²) in [6.07, 6.45) is -7.11. The average Bonchev–Trinajstić information content (AvgIpc) is 3.33. The van der Waals surface area contributed by atoms with Gasteiger partial charge in [-0.25, -0.2) is 4.79 Å². The van der Waals surface area contributed by atoms with Crippen molar-refractivity contribution in [3.63, 3.8) is 0 Å². The standard InChI is InChI=1S/C19H17F6NO2/c1-10-13(17(27)28)9-16(26(10)7-6-11-2-3-11)14-8-12(18(20,21)22)4-5-15(14)19(23,24)25/h4-5,8-9,11H,2-3,6-7H2,1H3,(H,27,28). The zero-order valence-electron chi connectivity index (χ0n) is 14.8. The maximum absolute atomic E-state index is 13.5. The van der Waals surface area contributed by atoms with E-state index in [4.69, 9.17) is 0 Å². The second-order valence-corrected chi connectivity index (χ2v) is 6.97. The van der Waals surface area contributed by atoms with E-state index in [1.165, 1.54) is 11.5 Å². The Balaban J connectivity index is 2.22. The molecule has 1 fully saturated rings. The lowest BCUT2D eigenvalue weighted by molar-refractivity contribution is -0.141. The number of carboxylic acids is 1. The normalized spacial score (nSPS) is 15.1. The van der Waals surface area contributed by atoms with E-state index in [1.807, 2.05) is 0 Å². The fraction of sp³-hybridized carbons (Fsp3) is 0.421. The van der Waals surface area contributed by atoms with Crippen molar-refractivity contribution in [1.29, 1.82) is 0 Å². The molecule has 152 valence electrons. The van der Waals surface area contributed by atoms with Crippen LogP contribution in [0.15, 0.2) is 24.3 Å². The van der Waals surface area contributed by atoms with Gasteiger partial charge in [-0.05, 0) is 43.5 Å². The molecule has 3 rings (SSSR count). The Morgan fingerprint density at radius 1 is 1.11 bits per heavy atom. The lowest BCUT2D eigenvalue weighted by Crippen LogP contribution is -2.13. The summed E-state index contributed by atoms with van der Waals surface area (Å²) in [5.74, 6) is -0.934. The summed E-state index contributed by atoms with van der Waals surface area (Å²) >= 11 is 0. The monoisotopic (exact) mass is 405 g/mol. The van der Waals surface area contributed by atoms with E-state index in [0.717, 1.165) is 18.9 Å². The van der Waals surface area contributed by atoms with Crippen LogP contribution in [-0.2, 0) is 18.9 Å². The number of nitrogens with zero attached hydrogens (tertiary/aromatic N) is 1. The number of halogens is 6. The molecule has 1 N–H and O–H groups in total. The second kappa shape index (κ2) is 6.86. The van der Waals surface area contributed by atoms with Crippen LogP contribution in [0, 0.1) is 12.8 Å². The Labute approximate surface area is 156 Å². The molecule has 0 aliphatic heterocycles. The highest BCUT2D eigenvalue weighted by Gasteiger charge is 2.38. The van der Waals surface area contributed by atoms with Crippen molar-refractivity contribution in [3.05, 3.63) is 46.6 Å². The number of aromatic nitrogens is 1. The molecule has 0 spiro atoms. The summed E-state index contributed by atoms with van der Waals surface area (Å²) in [5.41, 5.74) is -3.31. The molecule has 3 nitrogen and oxygen atoms in total. The first-order chi connectivity index (χ1) is 12.9. The van der Waals surface area contributed by atoms with E-state index in [1.54, 1.807) is 0 Å². The van der Waals surface area contributed by atoms with Crippen molar-refractivity contribution in [2.45, 2.75) is 45.1 Å². The molecule has 1 aromatic carbocycles. The van der Waals surface area contributed by atoms with Crippen molar-refractivity contribution in [1.82, 2.24) is 4.57 Å². The minimum absolute atomic E-state index is 0.172. The number of carboxylic acid groups (broad SMARTS) is 1. The van der Waals surface area contributed by atoms with E-state index in [2.05, 4.69) is 0 Å². The van der Waals surface area contributed by atoms with Crippen molar-refractivity contribution in [2.75, 3.05) is 0 Å². The number of rotatable bonds is 5. The molecule has 0 saturated heterocycles. The molecular formula is C19H17F6NO2. The third-order valence-corrected chi connectivity index (χ3v) is 4.98. The number of hydrogen-bond donors (Lipinski definition) is 1. The van der Waals surface area contributed by atoms with Crippen LogP contribution in [0.3, 0.4) is 0 Å². The Morgan fingerprint density at radius 3 is 2.25 bits per heavy atom. The maximum atomic E-state index is 13.5. The van der Waals surface area contributed by atoms with Gasteiger partial charge < -0.3 is 9.67 Å². The maximum Gasteiger partial charge on any atom is 0.417 e. The van der Waals surface area contributed by atoms with Crippen molar-refractivity contribution in [2.24, 2.45) is 5.92 Å². The van der Waals surface area contributed by atoms with Gasteiger partial charge in [0.05, 0.1) is 16.7 Å². The van der Waals surface area contributed by atoms with Gasteiger partial charge in [0.2, 0.25) is 0 Å². The molecular weight excluding hydrogens is 388 g/mol. The highest BCUT2D eigenvalue weighted by molar-refractivity contribution is 5.91. The lowest BCUT2D eigenvalue weighted by Gasteiger charge is -2.18. The smallest absolute Gasteiger partial charge is 0.417 e. The quantitative estimate of drug-likeness (QED) is 0.620. The minimum atomic E-state index is -4.89. The molecule has 1 aliphatic carbocycles. The third-order valence-electron chi connectivity index (χ3n) is 4.98. The third kappa shape index (κ3) is 4.02. The molecule has 1 aliphatic rings. The number of aromatic carboxylic acids is 1. The Morgan fingerprint density at radius 2 is 1.75 bits per heavy atom. The van der Waals surface area contributed by atoms with E-state index >= 15 is 0 Å². The summed E-state index contributed by atoms with van der Waals surface area (Å²) in [7, 11) is 0. The zero-order chi connectivity index (χ0) is 20.9. The molecule has 28 heavy (non-hydrogen) atoms. The lowest BCUT2D eigenvalue weighted by atomic mass is 10.00. The molecule has 0 unspecified atom stereocenters. The first-order valence-corrected chi connectivity index (χ1v) is 8.62. The molecule has 2 aromatic rings. The van der Waals surface area contributed by atoms with Crippen molar-refractivity contribution >= 4 is 5.97 Å². The predicted octanol–water partition coefficient (Wildman–Crippen LogP) is 6.00. The van der Waals surface area contributed by atoms with Gasteiger partial charge in [0.15, 0.2) is 0 Å². The topological polar surface area (TPSA) is 42.2 Å². The van der Waals surface area contributed by atoms with Gasteiger partial charge in [-0.3, -0.25) is 0 Å². The van der Waals surface area contributed by atoms with Gasteiger partial charge >= 0.3 is 18.3 Å². The van der Waals surface area contributed by atoms with Crippen LogP contribution in [0.5, 0.6) is 0 Å². The largest absolute Gasteiger partial charge is 0.478 e. The minimum Gasteiger partial charge on any atom is -0.478 e. The van der Waals surface area contributed by atoms with E-state index in [0.29, 0.717) is 30.5 Å². The van der Waals surface area contributed by atoms with Crippen LogP contribution in [0.25, 0.3) is 11.3 Å². The van der Waals surface area contributed by atoms with Crippen molar-refractivity contribution in [3.8, 4) is 11.3 Å². The van der Waals surface area contributed by atoms with Gasteiger partial charge in [-0.2, -0.15) is 26.3 Å². The molecule has 0 atom stereocenters. The van der Waals surface area contributed by atoms with Gasteiger partial charge in [0.1, 0.15) is 0 Å². The van der Waals surface area contributed by atoms with Crippen LogP contribution >= 0.6 is 0 Å². The molecule has 1 aromatic heterocycles. The van der Waals surface area contributed by atoms with Crippen molar-refractivity contribution < 1.29 is 36.2 Å². The first kappa shape index (κ1) is 20.3. The predicted molar refractivity (Wildman–Crippen MR) is 88.9 cm³/mol. The summed E-state index contributed by atoms with van der Waals surface area (Å²) in [6.45, 7) is 1.69. The molecule has 1 saturated carbocycles. The summed E-state index contributed by atoms with van der Waals surface area (Å²) in [4.78, 5) is 11.5. The molecule has 9 heteroatoms. The Kier molecular flexibility index (Phi) is 4.97. The van der Waals surface area contributed by atoms with Gasteiger partial charge in [-0.15, -0.1) is 0 Å². The number of alkyl halides is 6. The Bertz CT molecular complexity index is 906. The first-order valence-electron chi connectivity index (χ1n) is 8.62. The van der Waals surface area contributed by atoms with Gasteiger partial charge in [0.25, 0.3) is 0 Å². The average molecular weight is 405 g/mol. The fourth-order valence-electron chi connectivity index (χ4n) is 3.27. The second-order valence-electron chi connectivity index (χ2n) is 6.97. The van der Waals surface area contributed by atoms with Gasteiger partial charge in [-0.1, -0.05) is 12.8 Å².